The molecule has 1 unspecified atom stereocenters. The molecule has 1 aliphatic rings. The van der Waals surface area contributed by atoms with Crippen LogP contribution in [0.25, 0.3) is 0 Å². The number of hydrogen-bond donors (Lipinski definition) is 1. The van der Waals surface area contributed by atoms with E-state index in [1.54, 1.807) is 0 Å². The average molecular weight is 272 g/mol. The molecule has 0 radical (unpaired) electrons. The molecule has 1 aliphatic heterocycles. The second-order valence-electron chi connectivity index (χ2n) is 5.41. The summed E-state index contributed by atoms with van der Waals surface area (Å²) in [5, 5.41) is 0. The summed E-state index contributed by atoms with van der Waals surface area (Å²) in [5.41, 5.74) is 6.66. The first kappa shape index (κ1) is 12.9. The zero-order valence-electron chi connectivity index (χ0n) is 12.0. The van der Waals surface area contributed by atoms with Crippen LogP contribution in [0.15, 0.2) is 18.5 Å². The average Bonchev–Trinajstić information content (AvgIpc) is 2.84. The maximum atomic E-state index is 5.75. The summed E-state index contributed by atoms with van der Waals surface area (Å²) in [6.07, 6.45) is 6.17. The van der Waals surface area contributed by atoms with E-state index < -0.39 is 0 Å². The van der Waals surface area contributed by atoms with E-state index in [-0.39, 0.29) is 0 Å². The highest BCUT2D eigenvalue weighted by molar-refractivity contribution is 5.44. The number of nitrogen functional groups attached to an aromatic ring is 1. The maximum Gasteiger partial charge on any atom is 0.222 e. The van der Waals surface area contributed by atoms with Gasteiger partial charge >= 0.3 is 0 Å². The first-order valence-electron chi connectivity index (χ1n) is 6.97. The van der Waals surface area contributed by atoms with E-state index in [0.29, 0.717) is 11.9 Å². The summed E-state index contributed by atoms with van der Waals surface area (Å²) >= 11 is 0. The van der Waals surface area contributed by atoms with E-state index in [1.165, 1.54) is 6.42 Å². The molecule has 2 aromatic heterocycles. The molecule has 20 heavy (non-hydrogen) atoms. The normalized spacial score (nSPS) is 19.3. The van der Waals surface area contributed by atoms with Gasteiger partial charge in [-0.15, -0.1) is 0 Å². The zero-order valence-corrected chi connectivity index (χ0v) is 12.0. The predicted molar refractivity (Wildman–Crippen MR) is 78.6 cm³/mol. The first-order valence-corrected chi connectivity index (χ1v) is 6.97. The highest BCUT2D eigenvalue weighted by Gasteiger charge is 2.25. The number of rotatable bonds is 2. The Morgan fingerprint density at radius 3 is 2.90 bits per heavy atom. The molecule has 2 N–H and O–H groups in total. The van der Waals surface area contributed by atoms with Crippen molar-refractivity contribution in [3.63, 3.8) is 0 Å². The van der Waals surface area contributed by atoms with Crippen molar-refractivity contribution in [1.29, 1.82) is 0 Å². The highest BCUT2D eigenvalue weighted by atomic mass is 15.2. The predicted octanol–water partition coefficient (Wildman–Crippen LogP) is 1.48. The van der Waals surface area contributed by atoms with Crippen molar-refractivity contribution in [3.8, 4) is 0 Å². The molecule has 6 nitrogen and oxygen atoms in total. The molecule has 3 rings (SSSR count). The van der Waals surface area contributed by atoms with Crippen LogP contribution in [0.1, 0.15) is 30.3 Å². The molecule has 6 heteroatoms. The van der Waals surface area contributed by atoms with Gasteiger partial charge in [-0.05, 0) is 19.8 Å². The Kier molecular flexibility index (Phi) is 3.30. The van der Waals surface area contributed by atoms with Crippen molar-refractivity contribution in [2.75, 3.05) is 23.7 Å². The molecular formula is C14H20N6. The van der Waals surface area contributed by atoms with E-state index in [9.17, 15) is 0 Å². The second kappa shape index (κ2) is 5.11. The third-order valence-electron chi connectivity index (χ3n) is 3.83. The summed E-state index contributed by atoms with van der Waals surface area (Å²) in [5.74, 6) is 2.86. The van der Waals surface area contributed by atoms with Gasteiger partial charge in [0.1, 0.15) is 11.6 Å². The zero-order chi connectivity index (χ0) is 14.1. The monoisotopic (exact) mass is 272 g/mol. The van der Waals surface area contributed by atoms with Gasteiger partial charge in [-0.2, -0.15) is 4.98 Å². The summed E-state index contributed by atoms with van der Waals surface area (Å²) in [7, 11) is 2.05. The van der Waals surface area contributed by atoms with Crippen molar-refractivity contribution in [2.24, 2.45) is 7.05 Å². The summed E-state index contributed by atoms with van der Waals surface area (Å²) in [6, 6.07) is 2.00. The number of piperidine rings is 1. The number of nitrogens with two attached hydrogens (primary N) is 1. The maximum absolute atomic E-state index is 5.75. The minimum atomic E-state index is 0.346. The number of anilines is 2. The molecule has 2 aromatic rings. The molecule has 0 spiro atoms. The van der Waals surface area contributed by atoms with Crippen molar-refractivity contribution in [3.05, 3.63) is 30.0 Å². The van der Waals surface area contributed by atoms with Gasteiger partial charge in [-0.3, -0.25) is 0 Å². The minimum absolute atomic E-state index is 0.346. The third-order valence-corrected chi connectivity index (χ3v) is 3.83. The Morgan fingerprint density at radius 2 is 2.20 bits per heavy atom. The number of nitrogens with zero attached hydrogens (tertiary/aromatic N) is 5. The van der Waals surface area contributed by atoms with E-state index >= 15 is 0 Å². The van der Waals surface area contributed by atoms with E-state index in [2.05, 4.69) is 24.4 Å². The molecule has 0 aliphatic carbocycles. The van der Waals surface area contributed by atoms with Crippen molar-refractivity contribution in [2.45, 2.75) is 25.7 Å². The fourth-order valence-electron chi connectivity index (χ4n) is 2.90. The lowest BCUT2D eigenvalue weighted by atomic mass is 9.97. The van der Waals surface area contributed by atoms with Crippen LogP contribution in [0.4, 0.5) is 11.8 Å². The molecule has 1 fully saturated rings. The van der Waals surface area contributed by atoms with Crippen LogP contribution in [-0.2, 0) is 7.05 Å². The van der Waals surface area contributed by atoms with Crippen LogP contribution in [0, 0.1) is 6.92 Å². The topological polar surface area (TPSA) is 72.9 Å². The van der Waals surface area contributed by atoms with Crippen LogP contribution in [0.5, 0.6) is 0 Å². The highest BCUT2D eigenvalue weighted by Crippen LogP contribution is 2.28. The van der Waals surface area contributed by atoms with Gasteiger partial charge in [0.25, 0.3) is 0 Å². The van der Waals surface area contributed by atoms with Gasteiger partial charge in [-0.25, -0.2) is 9.97 Å². The lowest BCUT2D eigenvalue weighted by molar-refractivity contribution is 0.479. The second-order valence-corrected chi connectivity index (χ2v) is 5.41. The van der Waals surface area contributed by atoms with Crippen LogP contribution in [0.2, 0.25) is 0 Å². The molecule has 0 bridgehead atoms. The Hall–Kier alpha value is -2.11. The van der Waals surface area contributed by atoms with Gasteiger partial charge in [0.15, 0.2) is 0 Å². The summed E-state index contributed by atoms with van der Waals surface area (Å²) in [6.45, 7) is 3.89. The van der Waals surface area contributed by atoms with Crippen molar-refractivity contribution >= 4 is 11.8 Å². The number of hydrogen-bond acceptors (Lipinski definition) is 5. The lowest BCUT2D eigenvalue weighted by Gasteiger charge is -2.33. The van der Waals surface area contributed by atoms with Gasteiger partial charge in [0.2, 0.25) is 5.95 Å². The molecule has 3 heterocycles. The van der Waals surface area contributed by atoms with Gasteiger partial charge in [-0.1, -0.05) is 0 Å². The van der Waals surface area contributed by atoms with Crippen LogP contribution in [0.3, 0.4) is 0 Å². The van der Waals surface area contributed by atoms with Gasteiger partial charge in [0.05, 0.1) is 0 Å². The SMILES string of the molecule is Cc1cc(N2CCCC(c3nccn3C)C2)nc(N)n1. The quantitative estimate of drug-likeness (QED) is 0.896. The molecule has 1 saturated heterocycles. The van der Waals surface area contributed by atoms with Gasteiger partial charge in [0, 0.05) is 50.2 Å². The largest absolute Gasteiger partial charge is 0.368 e. The fraction of sp³-hybridized carbons (Fsp3) is 0.500. The Bertz CT molecular complexity index is 585. The summed E-state index contributed by atoms with van der Waals surface area (Å²) in [4.78, 5) is 15.3. The number of aryl methyl sites for hydroxylation is 2. The molecular weight excluding hydrogens is 252 g/mol. The first-order chi connectivity index (χ1) is 9.63. The Morgan fingerprint density at radius 1 is 1.35 bits per heavy atom. The third kappa shape index (κ3) is 2.45. The molecule has 106 valence electrons. The number of imidazole rings is 1. The van der Waals surface area contributed by atoms with Crippen LogP contribution < -0.4 is 10.6 Å². The van der Waals surface area contributed by atoms with Crippen LogP contribution >= 0.6 is 0 Å². The molecule has 0 amide bonds. The Labute approximate surface area is 118 Å². The molecule has 0 aromatic carbocycles. The molecule has 0 saturated carbocycles. The smallest absolute Gasteiger partial charge is 0.222 e. The minimum Gasteiger partial charge on any atom is -0.368 e. The standard InChI is InChI=1S/C14H20N6/c1-10-8-12(18-14(15)17-10)20-6-3-4-11(9-20)13-16-5-7-19(13)2/h5,7-8,11H,3-4,6,9H2,1-2H3,(H2,15,17,18). The van der Waals surface area contributed by atoms with Crippen molar-refractivity contribution < 1.29 is 0 Å². The summed E-state index contributed by atoms with van der Waals surface area (Å²) < 4.78 is 2.10. The fourth-order valence-corrected chi connectivity index (χ4v) is 2.90. The Balaban J connectivity index is 1.83. The molecule has 1 atom stereocenters. The van der Waals surface area contributed by atoms with E-state index in [0.717, 1.165) is 36.8 Å². The number of aromatic nitrogens is 4. The van der Waals surface area contributed by atoms with E-state index in [1.807, 2.05) is 32.4 Å². The van der Waals surface area contributed by atoms with E-state index in [4.69, 9.17) is 5.73 Å². The lowest BCUT2D eigenvalue weighted by Crippen LogP contribution is -2.36. The van der Waals surface area contributed by atoms with Gasteiger partial charge < -0.3 is 15.2 Å². The van der Waals surface area contributed by atoms with Crippen molar-refractivity contribution in [1.82, 2.24) is 19.5 Å². The van der Waals surface area contributed by atoms with Crippen LogP contribution in [-0.4, -0.2) is 32.6 Å².